The number of rotatable bonds is 1. The minimum atomic E-state index is -0.680. The maximum atomic E-state index is 13.2. The highest BCUT2D eigenvalue weighted by Crippen LogP contribution is 2.26. The number of amides is 1. The topological polar surface area (TPSA) is 77.9 Å². The molecule has 2 N–H and O–H groups in total. The maximum absolute atomic E-state index is 13.2. The standard InChI is InChI=1S/C14H14FN3O2/c1-14(2,3)20-13(19)18-12-10(7-16)9-5-4-8(15)6-11(9)17-12/h4-6,17H,1-3H3,(H,18,19). The number of nitrogens with zero attached hydrogens (tertiary/aromatic N) is 1. The highest BCUT2D eigenvalue weighted by molar-refractivity contribution is 5.96. The average Bonchev–Trinajstić information content (AvgIpc) is 2.62. The minimum Gasteiger partial charge on any atom is -0.444 e. The lowest BCUT2D eigenvalue weighted by Crippen LogP contribution is -2.27. The van der Waals surface area contributed by atoms with E-state index in [9.17, 15) is 9.18 Å². The van der Waals surface area contributed by atoms with Gasteiger partial charge in [0.1, 0.15) is 28.9 Å². The van der Waals surface area contributed by atoms with Crippen molar-refractivity contribution in [3.05, 3.63) is 29.6 Å². The molecule has 1 aromatic carbocycles. The second-order valence-electron chi connectivity index (χ2n) is 5.30. The van der Waals surface area contributed by atoms with Gasteiger partial charge in [-0.05, 0) is 39.0 Å². The van der Waals surface area contributed by atoms with Gasteiger partial charge in [0.25, 0.3) is 0 Å². The number of carbonyl (C=O) groups is 1. The van der Waals surface area contributed by atoms with Crippen LogP contribution in [0.5, 0.6) is 0 Å². The number of H-pyrrole nitrogens is 1. The van der Waals surface area contributed by atoms with Crippen molar-refractivity contribution in [2.45, 2.75) is 26.4 Å². The molecule has 0 saturated carbocycles. The van der Waals surface area contributed by atoms with E-state index in [4.69, 9.17) is 10.00 Å². The Kier molecular flexibility index (Phi) is 3.36. The fourth-order valence-electron chi connectivity index (χ4n) is 1.79. The van der Waals surface area contributed by atoms with E-state index in [1.165, 1.54) is 18.2 Å². The molecule has 0 unspecified atom stereocenters. The zero-order valence-corrected chi connectivity index (χ0v) is 11.4. The highest BCUT2D eigenvalue weighted by Gasteiger charge is 2.19. The molecule has 0 radical (unpaired) electrons. The number of nitriles is 1. The first-order chi connectivity index (χ1) is 9.30. The Balaban J connectivity index is 2.35. The number of fused-ring (bicyclic) bond motifs is 1. The molecule has 2 rings (SSSR count). The molecule has 20 heavy (non-hydrogen) atoms. The van der Waals surface area contributed by atoms with E-state index in [2.05, 4.69) is 10.3 Å². The molecule has 1 heterocycles. The van der Waals surface area contributed by atoms with E-state index in [1.807, 2.05) is 6.07 Å². The van der Waals surface area contributed by atoms with Crippen LogP contribution in [0.15, 0.2) is 18.2 Å². The van der Waals surface area contributed by atoms with Crippen LogP contribution in [0.25, 0.3) is 10.9 Å². The summed E-state index contributed by atoms with van der Waals surface area (Å²) in [5.41, 5.74) is 0.0353. The van der Waals surface area contributed by atoms with Crippen LogP contribution in [-0.4, -0.2) is 16.7 Å². The second-order valence-corrected chi connectivity index (χ2v) is 5.30. The summed E-state index contributed by atoms with van der Waals surface area (Å²) in [7, 11) is 0. The molecule has 6 heteroatoms. The Hall–Kier alpha value is -2.55. The van der Waals surface area contributed by atoms with Gasteiger partial charge in [-0.1, -0.05) is 0 Å². The third kappa shape index (κ3) is 2.88. The third-order valence-electron chi connectivity index (χ3n) is 2.50. The summed E-state index contributed by atoms with van der Waals surface area (Å²) < 4.78 is 18.3. The number of aromatic nitrogens is 1. The predicted octanol–water partition coefficient (Wildman–Crippen LogP) is 3.53. The van der Waals surface area contributed by atoms with Gasteiger partial charge in [-0.25, -0.2) is 9.18 Å². The van der Waals surface area contributed by atoms with Gasteiger partial charge in [-0.15, -0.1) is 0 Å². The van der Waals surface area contributed by atoms with Crippen molar-refractivity contribution in [3.63, 3.8) is 0 Å². The van der Waals surface area contributed by atoms with Gasteiger partial charge in [-0.2, -0.15) is 5.26 Å². The fourth-order valence-corrected chi connectivity index (χ4v) is 1.79. The molecule has 5 nitrogen and oxygen atoms in total. The number of carbonyl (C=O) groups excluding carboxylic acids is 1. The molecule has 104 valence electrons. The molecule has 0 aliphatic heterocycles. The summed E-state index contributed by atoms with van der Waals surface area (Å²) in [6.45, 7) is 5.20. The summed E-state index contributed by atoms with van der Waals surface area (Å²) in [6.07, 6.45) is -0.680. The van der Waals surface area contributed by atoms with E-state index < -0.39 is 17.5 Å². The van der Waals surface area contributed by atoms with Crippen molar-refractivity contribution in [3.8, 4) is 6.07 Å². The normalized spacial score (nSPS) is 11.2. The molecule has 0 bridgehead atoms. The lowest BCUT2D eigenvalue weighted by Gasteiger charge is -2.19. The molecule has 0 atom stereocenters. The van der Waals surface area contributed by atoms with Gasteiger partial charge >= 0.3 is 6.09 Å². The van der Waals surface area contributed by atoms with E-state index >= 15 is 0 Å². The summed E-state index contributed by atoms with van der Waals surface area (Å²) >= 11 is 0. The van der Waals surface area contributed by atoms with Crippen LogP contribution in [-0.2, 0) is 4.74 Å². The van der Waals surface area contributed by atoms with Crippen molar-refractivity contribution in [2.24, 2.45) is 0 Å². The molecule has 0 aliphatic carbocycles. The van der Waals surface area contributed by atoms with Crippen molar-refractivity contribution in [1.29, 1.82) is 5.26 Å². The number of hydrogen-bond donors (Lipinski definition) is 2. The first-order valence-electron chi connectivity index (χ1n) is 6.01. The zero-order chi connectivity index (χ0) is 14.9. The van der Waals surface area contributed by atoms with Crippen molar-refractivity contribution in [2.75, 3.05) is 5.32 Å². The molecule has 1 aromatic heterocycles. The van der Waals surface area contributed by atoms with E-state index in [0.29, 0.717) is 10.9 Å². The van der Waals surface area contributed by atoms with Crippen LogP contribution in [0.2, 0.25) is 0 Å². The molecular formula is C14H14FN3O2. The van der Waals surface area contributed by atoms with Crippen LogP contribution in [0.3, 0.4) is 0 Å². The minimum absolute atomic E-state index is 0.197. The summed E-state index contributed by atoms with van der Waals surface area (Å²) in [5, 5.41) is 12.2. The van der Waals surface area contributed by atoms with E-state index in [0.717, 1.165) is 0 Å². The molecule has 0 saturated heterocycles. The number of ether oxygens (including phenoxy) is 1. The Bertz CT molecular complexity index is 708. The third-order valence-corrected chi connectivity index (χ3v) is 2.50. The Morgan fingerprint density at radius 3 is 2.75 bits per heavy atom. The SMILES string of the molecule is CC(C)(C)OC(=O)Nc1[nH]c2cc(F)ccc2c1C#N. The zero-order valence-electron chi connectivity index (χ0n) is 11.4. The number of aromatic amines is 1. The van der Waals surface area contributed by atoms with Gasteiger partial charge in [-0.3, -0.25) is 5.32 Å². The van der Waals surface area contributed by atoms with Crippen LogP contribution in [0.4, 0.5) is 15.0 Å². The van der Waals surface area contributed by atoms with Crippen molar-refractivity contribution in [1.82, 2.24) is 4.98 Å². The van der Waals surface area contributed by atoms with Crippen LogP contribution >= 0.6 is 0 Å². The largest absolute Gasteiger partial charge is 0.444 e. The van der Waals surface area contributed by atoms with Gasteiger partial charge in [0, 0.05) is 5.39 Å². The first-order valence-corrected chi connectivity index (χ1v) is 6.01. The summed E-state index contributed by atoms with van der Waals surface area (Å²) in [6, 6.07) is 5.99. The molecule has 0 spiro atoms. The first kappa shape index (κ1) is 13.9. The van der Waals surface area contributed by atoms with E-state index in [-0.39, 0.29) is 11.4 Å². The maximum Gasteiger partial charge on any atom is 0.413 e. The average molecular weight is 275 g/mol. The Labute approximate surface area is 115 Å². The lowest BCUT2D eigenvalue weighted by molar-refractivity contribution is 0.0635. The monoisotopic (exact) mass is 275 g/mol. The van der Waals surface area contributed by atoms with Gasteiger partial charge in [0.05, 0.1) is 5.52 Å². The fraction of sp³-hybridized carbons (Fsp3) is 0.286. The number of anilines is 1. The molecule has 0 aliphatic rings. The summed E-state index contributed by atoms with van der Waals surface area (Å²) in [4.78, 5) is 14.5. The van der Waals surface area contributed by atoms with Crippen LogP contribution in [0.1, 0.15) is 26.3 Å². The summed E-state index contributed by atoms with van der Waals surface area (Å²) in [5.74, 6) is -0.227. The van der Waals surface area contributed by atoms with Gasteiger partial charge in [0.2, 0.25) is 0 Å². The van der Waals surface area contributed by atoms with Gasteiger partial charge in [0.15, 0.2) is 0 Å². The van der Waals surface area contributed by atoms with Crippen LogP contribution in [0, 0.1) is 17.1 Å². The van der Waals surface area contributed by atoms with E-state index in [1.54, 1.807) is 20.8 Å². The predicted molar refractivity (Wildman–Crippen MR) is 72.8 cm³/mol. The van der Waals surface area contributed by atoms with Crippen molar-refractivity contribution < 1.29 is 13.9 Å². The second kappa shape index (κ2) is 4.85. The van der Waals surface area contributed by atoms with Crippen molar-refractivity contribution >= 4 is 22.8 Å². The lowest BCUT2D eigenvalue weighted by atomic mass is 10.2. The Morgan fingerprint density at radius 1 is 1.45 bits per heavy atom. The van der Waals surface area contributed by atoms with Gasteiger partial charge < -0.3 is 9.72 Å². The smallest absolute Gasteiger partial charge is 0.413 e. The number of halogens is 1. The molecule has 0 fully saturated rings. The number of benzene rings is 1. The number of hydrogen-bond acceptors (Lipinski definition) is 3. The quantitative estimate of drug-likeness (QED) is 0.835. The van der Waals surface area contributed by atoms with Crippen LogP contribution < -0.4 is 5.32 Å². The molecular weight excluding hydrogens is 261 g/mol. The molecule has 2 aromatic rings. The highest BCUT2D eigenvalue weighted by atomic mass is 19.1. The Morgan fingerprint density at radius 2 is 2.15 bits per heavy atom. The molecule has 1 amide bonds. The number of nitrogens with one attached hydrogen (secondary N) is 2.